The van der Waals surface area contributed by atoms with Crippen molar-refractivity contribution in [3.63, 3.8) is 0 Å². The Morgan fingerprint density at radius 2 is 1.18 bits per heavy atom. The Morgan fingerprint density at radius 3 is 1.63 bits per heavy atom. The molecule has 6 nitrogen and oxygen atoms in total. The Kier molecular flexibility index (Phi) is 10.8. The second-order valence-corrected chi connectivity index (χ2v) is 10.3. The molecule has 0 aliphatic heterocycles. The fourth-order valence-electron chi connectivity index (χ4n) is 3.61. The van der Waals surface area contributed by atoms with E-state index < -0.39 is 11.9 Å². The van der Waals surface area contributed by atoms with E-state index in [1.165, 1.54) is 12.1 Å². The van der Waals surface area contributed by atoms with Crippen LogP contribution in [0.1, 0.15) is 76.3 Å². The van der Waals surface area contributed by atoms with Crippen molar-refractivity contribution in [1.29, 1.82) is 0 Å². The molecule has 1 unspecified atom stereocenters. The zero-order valence-electron chi connectivity index (χ0n) is 22.8. The van der Waals surface area contributed by atoms with Gasteiger partial charge in [-0.1, -0.05) is 42.3 Å². The third kappa shape index (κ3) is 8.54. The fourth-order valence-corrected chi connectivity index (χ4v) is 3.61. The summed E-state index contributed by atoms with van der Waals surface area (Å²) >= 11 is 0. The summed E-state index contributed by atoms with van der Waals surface area (Å²) in [6.07, 6.45) is 0.643. The summed E-state index contributed by atoms with van der Waals surface area (Å²) in [6, 6.07) is 18.5. The van der Waals surface area contributed by atoms with Crippen LogP contribution < -0.4 is 14.8 Å². The van der Waals surface area contributed by atoms with Gasteiger partial charge in [-0.2, -0.15) is 0 Å². The van der Waals surface area contributed by atoms with Crippen molar-refractivity contribution < 1.29 is 23.9 Å². The number of Topliss-reactive ketones (excluding diaryl/α,β-unsaturated/α-hetero) is 1. The molecule has 0 amide bonds. The number of aryl methyl sites for hydroxylation is 2. The molecular weight excluding hydrogens is 502 g/mol. The van der Waals surface area contributed by atoms with Gasteiger partial charge >= 0.3 is 11.9 Å². The molecular formula is C31H36ClNO5. The SMILES string of the molecule is CCC(CNC(C)(C)C)C(=O)c1ccc(OC(=O)c2ccc(C)cc2)c(OC(=O)c2ccc(C)cc2)c1.Cl. The van der Waals surface area contributed by atoms with Crippen LogP contribution in [0, 0.1) is 19.8 Å². The van der Waals surface area contributed by atoms with Gasteiger partial charge in [0.05, 0.1) is 11.1 Å². The number of esters is 2. The monoisotopic (exact) mass is 537 g/mol. The van der Waals surface area contributed by atoms with Crippen LogP contribution >= 0.6 is 12.4 Å². The lowest BCUT2D eigenvalue weighted by atomic mass is 9.94. The summed E-state index contributed by atoms with van der Waals surface area (Å²) in [6.45, 7) is 12.5. The Labute approximate surface area is 231 Å². The number of halogens is 1. The van der Waals surface area contributed by atoms with E-state index in [1.807, 2.05) is 65.8 Å². The van der Waals surface area contributed by atoms with Crippen molar-refractivity contribution in [2.45, 2.75) is 53.5 Å². The van der Waals surface area contributed by atoms with Gasteiger partial charge in [0, 0.05) is 23.6 Å². The van der Waals surface area contributed by atoms with Crippen LogP contribution in [0.5, 0.6) is 11.5 Å². The van der Waals surface area contributed by atoms with E-state index in [0.717, 1.165) is 11.1 Å². The maximum Gasteiger partial charge on any atom is 0.343 e. The number of ether oxygens (including phenoxy) is 2. The van der Waals surface area contributed by atoms with Crippen LogP contribution in [-0.4, -0.2) is 29.8 Å². The quantitative estimate of drug-likeness (QED) is 0.184. The molecule has 202 valence electrons. The van der Waals surface area contributed by atoms with E-state index in [4.69, 9.17) is 9.47 Å². The van der Waals surface area contributed by atoms with Crippen molar-refractivity contribution in [3.8, 4) is 11.5 Å². The molecule has 0 heterocycles. The first-order valence-corrected chi connectivity index (χ1v) is 12.5. The second kappa shape index (κ2) is 13.4. The van der Waals surface area contributed by atoms with Crippen molar-refractivity contribution in [2.24, 2.45) is 5.92 Å². The van der Waals surface area contributed by atoms with E-state index in [-0.39, 0.29) is 41.1 Å². The van der Waals surface area contributed by atoms with Crippen LogP contribution in [0.25, 0.3) is 0 Å². The molecule has 0 saturated heterocycles. The molecule has 0 aliphatic carbocycles. The minimum atomic E-state index is -0.612. The number of ketones is 1. The summed E-state index contributed by atoms with van der Waals surface area (Å²) < 4.78 is 11.3. The maximum absolute atomic E-state index is 13.3. The maximum atomic E-state index is 13.3. The Balaban J connectivity index is 0.00000507. The molecule has 7 heteroatoms. The summed E-state index contributed by atoms with van der Waals surface area (Å²) in [4.78, 5) is 39.0. The van der Waals surface area contributed by atoms with Gasteiger partial charge in [-0.25, -0.2) is 9.59 Å². The van der Waals surface area contributed by atoms with Crippen LogP contribution in [0.4, 0.5) is 0 Å². The zero-order valence-corrected chi connectivity index (χ0v) is 23.6. The lowest BCUT2D eigenvalue weighted by molar-refractivity contribution is 0.0682. The minimum absolute atomic E-state index is 0. The molecule has 3 aromatic carbocycles. The Bertz CT molecular complexity index is 1260. The number of benzene rings is 3. The third-order valence-electron chi connectivity index (χ3n) is 5.95. The third-order valence-corrected chi connectivity index (χ3v) is 5.95. The molecule has 0 aliphatic rings. The normalized spacial score (nSPS) is 11.7. The molecule has 0 fully saturated rings. The van der Waals surface area contributed by atoms with Gasteiger partial charge in [-0.3, -0.25) is 4.79 Å². The first kappa shape index (κ1) is 30.7. The van der Waals surface area contributed by atoms with Crippen LogP contribution in [-0.2, 0) is 0 Å². The Morgan fingerprint density at radius 1 is 0.737 bits per heavy atom. The number of hydrogen-bond acceptors (Lipinski definition) is 6. The average Bonchev–Trinajstić information content (AvgIpc) is 2.85. The number of nitrogens with one attached hydrogen (secondary N) is 1. The predicted molar refractivity (Wildman–Crippen MR) is 152 cm³/mol. The van der Waals surface area contributed by atoms with E-state index in [2.05, 4.69) is 5.32 Å². The number of carbonyl (C=O) groups is 3. The minimum Gasteiger partial charge on any atom is -0.419 e. The van der Waals surface area contributed by atoms with Crippen molar-refractivity contribution in [1.82, 2.24) is 5.32 Å². The van der Waals surface area contributed by atoms with Crippen LogP contribution in [0.3, 0.4) is 0 Å². The van der Waals surface area contributed by atoms with Gasteiger partial charge in [0.15, 0.2) is 17.3 Å². The first-order valence-electron chi connectivity index (χ1n) is 12.5. The highest BCUT2D eigenvalue weighted by atomic mass is 35.5. The molecule has 3 aromatic rings. The van der Waals surface area contributed by atoms with Crippen molar-refractivity contribution >= 4 is 30.1 Å². The van der Waals surface area contributed by atoms with Gasteiger partial charge in [-0.15, -0.1) is 12.4 Å². The lowest BCUT2D eigenvalue weighted by Crippen LogP contribution is -2.40. The molecule has 0 spiro atoms. The van der Waals surface area contributed by atoms with Gasteiger partial charge in [0.2, 0.25) is 0 Å². The van der Waals surface area contributed by atoms with E-state index in [1.54, 1.807) is 30.3 Å². The molecule has 0 radical (unpaired) electrons. The molecule has 0 bridgehead atoms. The van der Waals surface area contributed by atoms with Gasteiger partial charge in [0.1, 0.15) is 0 Å². The summed E-state index contributed by atoms with van der Waals surface area (Å²) in [5.41, 5.74) is 2.98. The smallest absolute Gasteiger partial charge is 0.343 e. The van der Waals surface area contributed by atoms with E-state index in [9.17, 15) is 14.4 Å². The van der Waals surface area contributed by atoms with Gasteiger partial charge < -0.3 is 14.8 Å². The molecule has 0 saturated carbocycles. The second-order valence-electron chi connectivity index (χ2n) is 10.3. The number of rotatable bonds is 9. The Hall–Kier alpha value is -3.48. The largest absolute Gasteiger partial charge is 0.419 e. The highest BCUT2D eigenvalue weighted by Gasteiger charge is 2.24. The summed E-state index contributed by atoms with van der Waals surface area (Å²) in [7, 11) is 0. The molecule has 38 heavy (non-hydrogen) atoms. The van der Waals surface area contributed by atoms with Crippen LogP contribution in [0.2, 0.25) is 0 Å². The number of carbonyl (C=O) groups excluding carboxylic acids is 3. The van der Waals surface area contributed by atoms with E-state index >= 15 is 0 Å². The molecule has 1 atom stereocenters. The number of hydrogen-bond donors (Lipinski definition) is 1. The van der Waals surface area contributed by atoms with Crippen molar-refractivity contribution in [2.75, 3.05) is 6.54 Å². The molecule has 1 N–H and O–H groups in total. The summed E-state index contributed by atoms with van der Waals surface area (Å²) in [5, 5.41) is 3.38. The molecule has 3 rings (SSSR count). The molecule has 0 aromatic heterocycles. The standard InChI is InChI=1S/C31H35NO5.ClH/c1-7-22(19-32-31(4,5)6)28(33)25-16-17-26(36-29(34)23-12-8-20(2)9-13-23)27(18-25)37-30(35)24-14-10-21(3)11-15-24;/h8-18,22,32H,7,19H2,1-6H3;1H. The van der Waals surface area contributed by atoms with E-state index in [0.29, 0.717) is 29.7 Å². The highest BCUT2D eigenvalue weighted by molar-refractivity contribution is 5.99. The highest BCUT2D eigenvalue weighted by Crippen LogP contribution is 2.31. The first-order chi connectivity index (χ1) is 17.5. The van der Waals surface area contributed by atoms with Gasteiger partial charge in [-0.05, 0) is 83.5 Å². The lowest BCUT2D eigenvalue weighted by Gasteiger charge is -2.24. The fraction of sp³-hybridized carbons (Fsp3) is 0.323. The van der Waals surface area contributed by atoms with Crippen molar-refractivity contribution in [3.05, 3.63) is 94.5 Å². The predicted octanol–water partition coefficient (Wildman–Crippen LogP) is 6.76. The zero-order chi connectivity index (χ0) is 27.2. The average molecular weight is 538 g/mol. The van der Waals surface area contributed by atoms with Gasteiger partial charge in [0.25, 0.3) is 0 Å². The van der Waals surface area contributed by atoms with Crippen LogP contribution in [0.15, 0.2) is 66.7 Å². The summed E-state index contributed by atoms with van der Waals surface area (Å²) in [5.74, 6) is -1.48. The topological polar surface area (TPSA) is 81.7 Å².